The predicted molar refractivity (Wildman–Crippen MR) is 86.4 cm³/mol. The van der Waals surface area contributed by atoms with E-state index in [4.69, 9.17) is 10.5 Å². The Morgan fingerprint density at radius 1 is 1.33 bits per heavy atom. The maximum absolute atomic E-state index is 13.9. The molecule has 0 radical (unpaired) electrons. The highest BCUT2D eigenvalue weighted by molar-refractivity contribution is 5.70. The van der Waals surface area contributed by atoms with Gasteiger partial charge in [0.25, 0.3) is 0 Å². The molecule has 0 unspecified atom stereocenters. The van der Waals surface area contributed by atoms with Gasteiger partial charge in [0.1, 0.15) is 0 Å². The van der Waals surface area contributed by atoms with Crippen LogP contribution in [0.1, 0.15) is 46.5 Å². The fraction of sp³-hybridized carbons (Fsp3) is 0.647. The number of anilines is 2. The second-order valence-electron chi connectivity index (χ2n) is 6.23. The third-order valence-corrected chi connectivity index (χ3v) is 4.10. The monoisotopic (exact) mass is 294 g/mol. The van der Waals surface area contributed by atoms with Crippen molar-refractivity contribution in [2.45, 2.75) is 52.6 Å². The number of nitrogen functional groups attached to an aromatic ring is 1. The minimum atomic E-state index is -0.384. The van der Waals surface area contributed by atoms with Gasteiger partial charge in [-0.1, -0.05) is 19.8 Å². The standard InChI is InChI=1S/C17H27FN2O/c1-4-5-13-6-8-20(9-7-13)16-11-17(21-12(2)3)14(18)10-15(16)19/h10-13H,4-9,19H2,1-3H3. The number of ether oxygens (including phenoxy) is 1. The Morgan fingerprint density at radius 2 is 2.00 bits per heavy atom. The number of hydrogen-bond acceptors (Lipinski definition) is 3. The molecule has 1 heterocycles. The normalized spacial score (nSPS) is 16.5. The molecule has 2 rings (SSSR count). The number of benzene rings is 1. The zero-order valence-corrected chi connectivity index (χ0v) is 13.4. The smallest absolute Gasteiger partial charge is 0.167 e. The van der Waals surface area contributed by atoms with Crippen LogP contribution in [0, 0.1) is 11.7 Å². The summed E-state index contributed by atoms with van der Waals surface area (Å²) in [4.78, 5) is 2.26. The minimum absolute atomic E-state index is 0.0498. The van der Waals surface area contributed by atoms with E-state index in [0.29, 0.717) is 11.4 Å². The predicted octanol–water partition coefficient (Wildman–Crippen LogP) is 4.21. The topological polar surface area (TPSA) is 38.5 Å². The van der Waals surface area contributed by atoms with E-state index in [1.54, 1.807) is 6.07 Å². The first-order chi connectivity index (χ1) is 10.0. The first-order valence-electron chi connectivity index (χ1n) is 8.01. The van der Waals surface area contributed by atoms with E-state index in [1.807, 2.05) is 13.8 Å². The number of nitrogens with two attached hydrogens (primary N) is 1. The van der Waals surface area contributed by atoms with E-state index < -0.39 is 0 Å². The van der Waals surface area contributed by atoms with Crippen molar-refractivity contribution in [1.29, 1.82) is 0 Å². The number of halogens is 1. The van der Waals surface area contributed by atoms with Crippen LogP contribution in [0.5, 0.6) is 5.75 Å². The van der Waals surface area contributed by atoms with E-state index in [-0.39, 0.29) is 11.9 Å². The SMILES string of the molecule is CCCC1CCN(c2cc(OC(C)C)c(F)cc2N)CC1. The number of piperidine rings is 1. The molecular formula is C17H27FN2O. The van der Waals surface area contributed by atoms with Gasteiger partial charge in [0.05, 0.1) is 17.5 Å². The molecule has 0 aliphatic carbocycles. The average Bonchev–Trinajstić information content (AvgIpc) is 2.43. The van der Waals surface area contributed by atoms with E-state index in [1.165, 1.54) is 31.7 Å². The summed E-state index contributed by atoms with van der Waals surface area (Å²) in [6, 6.07) is 3.13. The molecule has 1 aliphatic rings. The lowest BCUT2D eigenvalue weighted by Gasteiger charge is -2.34. The van der Waals surface area contributed by atoms with Crippen LogP contribution in [0.15, 0.2) is 12.1 Å². The fourth-order valence-corrected chi connectivity index (χ4v) is 3.05. The summed E-state index contributed by atoms with van der Waals surface area (Å²) in [6.07, 6.45) is 4.87. The first kappa shape index (κ1) is 15.9. The Balaban J connectivity index is 2.12. The Morgan fingerprint density at radius 3 is 2.57 bits per heavy atom. The lowest BCUT2D eigenvalue weighted by molar-refractivity contribution is 0.231. The molecule has 0 saturated carbocycles. The second kappa shape index (κ2) is 7.01. The highest BCUT2D eigenvalue weighted by atomic mass is 19.1. The van der Waals surface area contributed by atoms with Crippen LogP contribution >= 0.6 is 0 Å². The van der Waals surface area contributed by atoms with Gasteiger partial charge in [-0.15, -0.1) is 0 Å². The van der Waals surface area contributed by atoms with Gasteiger partial charge in [-0.2, -0.15) is 0 Å². The third-order valence-electron chi connectivity index (χ3n) is 4.10. The van der Waals surface area contributed by atoms with Crippen molar-refractivity contribution in [3.63, 3.8) is 0 Å². The highest BCUT2D eigenvalue weighted by Gasteiger charge is 2.21. The van der Waals surface area contributed by atoms with Gasteiger partial charge >= 0.3 is 0 Å². The Bertz CT molecular complexity index is 468. The fourth-order valence-electron chi connectivity index (χ4n) is 3.05. The Kier molecular flexibility index (Phi) is 5.32. The molecule has 3 nitrogen and oxygen atoms in total. The van der Waals surface area contributed by atoms with Crippen LogP contribution in [0.2, 0.25) is 0 Å². The van der Waals surface area contributed by atoms with Crippen LogP contribution in [0.3, 0.4) is 0 Å². The molecule has 2 N–H and O–H groups in total. The minimum Gasteiger partial charge on any atom is -0.488 e. The molecule has 0 amide bonds. The summed E-state index contributed by atoms with van der Waals surface area (Å²) in [5, 5.41) is 0. The largest absolute Gasteiger partial charge is 0.488 e. The van der Waals surface area contributed by atoms with Gasteiger partial charge in [-0.05, 0) is 32.6 Å². The zero-order chi connectivity index (χ0) is 15.4. The average molecular weight is 294 g/mol. The maximum atomic E-state index is 13.9. The van der Waals surface area contributed by atoms with Crippen LogP contribution in [-0.4, -0.2) is 19.2 Å². The van der Waals surface area contributed by atoms with E-state index >= 15 is 0 Å². The van der Waals surface area contributed by atoms with Crippen molar-refractivity contribution in [3.8, 4) is 5.75 Å². The Hall–Kier alpha value is -1.45. The molecule has 1 aromatic carbocycles. The summed E-state index contributed by atoms with van der Waals surface area (Å²) < 4.78 is 19.4. The lowest BCUT2D eigenvalue weighted by Crippen LogP contribution is -2.34. The van der Waals surface area contributed by atoms with Crippen molar-refractivity contribution in [2.75, 3.05) is 23.7 Å². The number of hydrogen-bond donors (Lipinski definition) is 1. The molecule has 4 heteroatoms. The van der Waals surface area contributed by atoms with Crippen molar-refractivity contribution in [3.05, 3.63) is 17.9 Å². The van der Waals surface area contributed by atoms with Gasteiger partial charge in [0, 0.05) is 25.2 Å². The van der Waals surface area contributed by atoms with Gasteiger partial charge in [0.2, 0.25) is 0 Å². The van der Waals surface area contributed by atoms with Crippen LogP contribution in [0.25, 0.3) is 0 Å². The summed E-state index contributed by atoms with van der Waals surface area (Å²) >= 11 is 0. The summed E-state index contributed by atoms with van der Waals surface area (Å²) in [6.45, 7) is 8.00. The second-order valence-corrected chi connectivity index (χ2v) is 6.23. The van der Waals surface area contributed by atoms with Crippen molar-refractivity contribution in [2.24, 2.45) is 5.92 Å². The first-order valence-corrected chi connectivity index (χ1v) is 8.01. The summed E-state index contributed by atoms with van der Waals surface area (Å²) in [5.41, 5.74) is 7.41. The number of rotatable bonds is 5. The molecule has 1 aromatic rings. The van der Waals surface area contributed by atoms with Gasteiger partial charge in [0.15, 0.2) is 11.6 Å². The molecule has 1 fully saturated rings. The molecule has 0 bridgehead atoms. The van der Waals surface area contributed by atoms with Gasteiger partial charge in [-0.25, -0.2) is 4.39 Å². The molecule has 118 valence electrons. The summed E-state index contributed by atoms with van der Waals surface area (Å²) in [7, 11) is 0. The van der Waals surface area contributed by atoms with Crippen molar-refractivity contribution >= 4 is 11.4 Å². The highest BCUT2D eigenvalue weighted by Crippen LogP contribution is 2.34. The van der Waals surface area contributed by atoms with Gasteiger partial charge in [-0.3, -0.25) is 0 Å². The van der Waals surface area contributed by atoms with Crippen LogP contribution in [0.4, 0.5) is 15.8 Å². The molecule has 0 aromatic heterocycles. The quantitative estimate of drug-likeness (QED) is 0.827. The molecule has 1 aliphatic heterocycles. The number of nitrogens with zero attached hydrogens (tertiary/aromatic N) is 1. The maximum Gasteiger partial charge on any atom is 0.167 e. The molecule has 0 spiro atoms. The van der Waals surface area contributed by atoms with E-state index in [9.17, 15) is 4.39 Å². The van der Waals surface area contributed by atoms with Crippen LogP contribution in [-0.2, 0) is 0 Å². The Labute approximate surface area is 127 Å². The van der Waals surface area contributed by atoms with Crippen molar-refractivity contribution < 1.29 is 9.13 Å². The molecule has 21 heavy (non-hydrogen) atoms. The van der Waals surface area contributed by atoms with E-state index in [0.717, 1.165) is 24.7 Å². The van der Waals surface area contributed by atoms with Gasteiger partial charge < -0.3 is 15.4 Å². The lowest BCUT2D eigenvalue weighted by atomic mass is 9.92. The van der Waals surface area contributed by atoms with E-state index in [2.05, 4.69) is 11.8 Å². The van der Waals surface area contributed by atoms with Crippen LogP contribution < -0.4 is 15.4 Å². The molecule has 0 atom stereocenters. The third kappa shape index (κ3) is 4.02. The summed E-state index contributed by atoms with van der Waals surface area (Å²) in [5.74, 6) is 0.731. The zero-order valence-electron chi connectivity index (χ0n) is 13.4. The molecular weight excluding hydrogens is 267 g/mol. The molecule has 1 saturated heterocycles. The van der Waals surface area contributed by atoms with Crippen molar-refractivity contribution in [1.82, 2.24) is 0 Å².